The third kappa shape index (κ3) is 4.39. The van der Waals surface area contributed by atoms with E-state index in [-0.39, 0.29) is 18.6 Å². The molecule has 1 amide bonds. The van der Waals surface area contributed by atoms with Gasteiger partial charge in [0.2, 0.25) is 0 Å². The van der Waals surface area contributed by atoms with E-state index in [1.54, 1.807) is 12.1 Å². The maximum atomic E-state index is 11.9. The Morgan fingerprint density at radius 2 is 2.35 bits per heavy atom. The van der Waals surface area contributed by atoms with Gasteiger partial charge in [0.1, 0.15) is 5.75 Å². The van der Waals surface area contributed by atoms with Gasteiger partial charge in [-0.1, -0.05) is 11.6 Å². The quantitative estimate of drug-likeness (QED) is 0.896. The van der Waals surface area contributed by atoms with Crippen molar-refractivity contribution < 1.29 is 9.53 Å². The summed E-state index contributed by atoms with van der Waals surface area (Å²) in [5.74, 6) is 0.627. The average molecular weight is 297 g/mol. The molecule has 0 spiro atoms. The summed E-state index contributed by atoms with van der Waals surface area (Å²) in [6.07, 6.45) is 1.93. The van der Waals surface area contributed by atoms with Gasteiger partial charge >= 0.3 is 0 Å². The van der Waals surface area contributed by atoms with E-state index in [1.165, 1.54) is 0 Å². The lowest BCUT2D eigenvalue weighted by atomic mass is 10.0. The molecule has 0 aromatic heterocycles. The third-order valence-corrected chi connectivity index (χ3v) is 3.72. The number of hydrogen-bond acceptors (Lipinski definition) is 3. The van der Waals surface area contributed by atoms with Gasteiger partial charge in [0, 0.05) is 17.1 Å². The Bertz CT molecular complexity index is 479. The first-order valence-electron chi connectivity index (χ1n) is 6.96. The van der Waals surface area contributed by atoms with E-state index in [9.17, 15) is 4.79 Å². The second-order valence-corrected chi connectivity index (χ2v) is 5.78. The van der Waals surface area contributed by atoms with Crippen LogP contribution in [-0.2, 0) is 4.79 Å². The molecule has 5 heteroatoms. The van der Waals surface area contributed by atoms with Crippen LogP contribution in [0.4, 0.5) is 0 Å². The van der Waals surface area contributed by atoms with Crippen molar-refractivity contribution in [2.75, 3.05) is 13.2 Å². The zero-order valence-corrected chi connectivity index (χ0v) is 12.7. The molecule has 0 radical (unpaired) electrons. The summed E-state index contributed by atoms with van der Waals surface area (Å²) in [4.78, 5) is 11.9. The first kappa shape index (κ1) is 15.1. The minimum Gasteiger partial charge on any atom is -0.484 e. The van der Waals surface area contributed by atoms with Crippen molar-refractivity contribution >= 4 is 17.5 Å². The Balaban J connectivity index is 1.80. The van der Waals surface area contributed by atoms with Crippen LogP contribution in [-0.4, -0.2) is 31.1 Å². The molecule has 1 aliphatic heterocycles. The summed E-state index contributed by atoms with van der Waals surface area (Å²) in [7, 11) is 0. The molecule has 1 fully saturated rings. The highest BCUT2D eigenvalue weighted by molar-refractivity contribution is 6.30. The molecule has 110 valence electrons. The van der Waals surface area contributed by atoms with E-state index in [4.69, 9.17) is 16.3 Å². The normalized spacial score (nSPS) is 22.4. The molecule has 1 aromatic carbocycles. The van der Waals surface area contributed by atoms with Crippen LogP contribution in [0.3, 0.4) is 0 Å². The summed E-state index contributed by atoms with van der Waals surface area (Å²) in [5, 5.41) is 7.05. The second kappa shape index (κ2) is 6.95. The van der Waals surface area contributed by atoms with Crippen LogP contribution in [0.2, 0.25) is 5.02 Å². The van der Waals surface area contributed by atoms with E-state index in [2.05, 4.69) is 17.6 Å². The van der Waals surface area contributed by atoms with Gasteiger partial charge in [-0.25, -0.2) is 0 Å². The lowest BCUT2D eigenvalue weighted by molar-refractivity contribution is -0.124. The van der Waals surface area contributed by atoms with E-state index in [1.807, 2.05) is 13.0 Å². The highest BCUT2D eigenvalue weighted by atomic mass is 35.5. The smallest absolute Gasteiger partial charge is 0.258 e. The molecule has 4 nitrogen and oxygen atoms in total. The number of ether oxygens (including phenoxy) is 1. The lowest BCUT2D eigenvalue weighted by Gasteiger charge is -2.28. The molecule has 0 aliphatic carbocycles. The Labute approximate surface area is 124 Å². The summed E-state index contributed by atoms with van der Waals surface area (Å²) in [5.41, 5.74) is 0.931. The van der Waals surface area contributed by atoms with Gasteiger partial charge in [-0.2, -0.15) is 0 Å². The number of carbonyl (C=O) groups is 1. The molecule has 2 unspecified atom stereocenters. The van der Waals surface area contributed by atoms with E-state index < -0.39 is 0 Å². The maximum absolute atomic E-state index is 11.9. The summed E-state index contributed by atoms with van der Waals surface area (Å²) in [6, 6.07) is 6.07. The Hall–Kier alpha value is -1.26. The lowest BCUT2D eigenvalue weighted by Crippen LogP contribution is -2.47. The van der Waals surface area contributed by atoms with Crippen LogP contribution in [0.1, 0.15) is 25.3 Å². The average Bonchev–Trinajstić information content (AvgIpc) is 2.37. The van der Waals surface area contributed by atoms with Gasteiger partial charge < -0.3 is 15.4 Å². The van der Waals surface area contributed by atoms with Crippen molar-refractivity contribution in [3.63, 3.8) is 0 Å². The van der Waals surface area contributed by atoms with Crippen LogP contribution in [0.25, 0.3) is 0 Å². The third-order valence-electron chi connectivity index (χ3n) is 3.48. The summed E-state index contributed by atoms with van der Waals surface area (Å²) >= 11 is 5.88. The van der Waals surface area contributed by atoms with Crippen LogP contribution in [0.15, 0.2) is 18.2 Å². The van der Waals surface area contributed by atoms with Crippen molar-refractivity contribution in [3.8, 4) is 5.75 Å². The standard InChI is InChI=1S/C15H21ClN2O2/c1-10-7-12(16)3-4-14(10)20-9-15(19)18-13-5-6-17-11(2)8-13/h3-4,7,11,13,17H,5-6,8-9H2,1-2H3,(H,18,19). The predicted molar refractivity (Wildman–Crippen MR) is 80.3 cm³/mol. The fourth-order valence-corrected chi connectivity index (χ4v) is 2.68. The van der Waals surface area contributed by atoms with Crippen molar-refractivity contribution in [3.05, 3.63) is 28.8 Å². The van der Waals surface area contributed by atoms with Crippen molar-refractivity contribution in [2.24, 2.45) is 0 Å². The number of carbonyl (C=O) groups excluding carboxylic acids is 1. The molecule has 20 heavy (non-hydrogen) atoms. The van der Waals surface area contributed by atoms with E-state index in [0.29, 0.717) is 16.8 Å². The molecular formula is C15H21ClN2O2. The molecular weight excluding hydrogens is 276 g/mol. The molecule has 0 bridgehead atoms. The first-order chi connectivity index (χ1) is 9.54. The maximum Gasteiger partial charge on any atom is 0.258 e. The molecule has 1 heterocycles. The minimum absolute atomic E-state index is 0.0424. The Kier molecular flexibility index (Phi) is 5.26. The topological polar surface area (TPSA) is 50.4 Å². The number of amides is 1. The zero-order valence-electron chi connectivity index (χ0n) is 11.9. The molecule has 2 rings (SSSR count). The molecule has 2 N–H and O–H groups in total. The number of benzene rings is 1. The monoisotopic (exact) mass is 296 g/mol. The van der Waals surface area contributed by atoms with Gasteiger partial charge in [0.25, 0.3) is 5.91 Å². The molecule has 2 atom stereocenters. The van der Waals surface area contributed by atoms with Crippen LogP contribution >= 0.6 is 11.6 Å². The second-order valence-electron chi connectivity index (χ2n) is 5.34. The highest BCUT2D eigenvalue weighted by Gasteiger charge is 2.19. The van der Waals surface area contributed by atoms with E-state index in [0.717, 1.165) is 24.9 Å². The summed E-state index contributed by atoms with van der Waals surface area (Å²) < 4.78 is 5.54. The van der Waals surface area contributed by atoms with Gasteiger partial charge in [-0.05, 0) is 57.0 Å². The number of rotatable bonds is 4. The van der Waals surface area contributed by atoms with Gasteiger partial charge in [0.05, 0.1) is 0 Å². The largest absolute Gasteiger partial charge is 0.484 e. The van der Waals surface area contributed by atoms with Crippen molar-refractivity contribution in [1.29, 1.82) is 0 Å². The number of halogens is 1. The predicted octanol–water partition coefficient (Wildman–Crippen LogP) is 2.28. The number of aryl methyl sites for hydroxylation is 1. The Morgan fingerprint density at radius 3 is 3.05 bits per heavy atom. The van der Waals surface area contributed by atoms with Gasteiger partial charge in [0.15, 0.2) is 6.61 Å². The van der Waals surface area contributed by atoms with Crippen molar-refractivity contribution in [1.82, 2.24) is 10.6 Å². The van der Waals surface area contributed by atoms with Crippen LogP contribution < -0.4 is 15.4 Å². The zero-order chi connectivity index (χ0) is 14.5. The van der Waals surface area contributed by atoms with Gasteiger partial charge in [-0.3, -0.25) is 4.79 Å². The van der Waals surface area contributed by atoms with Crippen LogP contribution in [0, 0.1) is 6.92 Å². The Morgan fingerprint density at radius 1 is 1.55 bits per heavy atom. The highest BCUT2D eigenvalue weighted by Crippen LogP contribution is 2.21. The number of hydrogen-bond donors (Lipinski definition) is 2. The van der Waals surface area contributed by atoms with E-state index >= 15 is 0 Å². The minimum atomic E-state index is -0.0709. The fourth-order valence-electron chi connectivity index (χ4n) is 2.45. The number of nitrogens with one attached hydrogen (secondary N) is 2. The van der Waals surface area contributed by atoms with Gasteiger partial charge in [-0.15, -0.1) is 0 Å². The SMILES string of the molecule is Cc1cc(Cl)ccc1OCC(=O)NC1CCNC(C)C1. The molecule has 1 aliphatic rings. The summed E-state index contributed by atoms with van der Waals surface area (Å²) in [6.45, 7) is 5.03. The van der Waals surface area contributed by atoms with Crippen molar-refractivity contribution in [2.45, 2.75) is 38.8 Å². The van der Waals surface area contributed by atoms with Crippen LogP contribution in [0.5, 0.6) is 5.75 Å². The fraction of sp³-hybridized carbons (Fsp3) is 0.533. The number of piperidine rings is 1. The molecule has 1 saturated heterocycles. The molecule has 1 aromatic rings. The first-order valence-corrected chi connectivity index (χ1v) is 7.34. The molecule has 0 saturated carbocycles.